The number of carbonyl (C=O) groups is 1. The van der Waals surface area contributed by atoms with Gasteiger partial charge in [-0.3, -0.25) is 9.69 Å². The summed E-state index contributed by atoms with van der Waals surface area (Å²) in [5.74, 6) is -2.41. The lowest BCUT2D eigenvalue weighted by Gasteiger charge is -2.25. The Kier molecular flexibility index (Phi) is 6.46. The molecule has 0 amide bonds. The van der Waals surface area contributed by atoms with Crippen LogP contribution in [-0.2, 0) is 14.6 Å². The first kappa shape index (κ1) is 18.2. The maximum absolute atomic E-state index is 11.6. The van der Waals surface area contributed by atoms with E-state index in [1.807, 2.05) is 6.92 Å². The highest BCUT2D eigenvalue weighted by Gasteiger charge is 2.20. The predicted octanol–water partition coefficient (Wildman–Crippen LogP) is 2.49. The fourth-order valence-corrected chi connectivity index (χ4v) is 3.47. The third-order valence-corrected chi connectivity index (χ3v) is 5.23. The maximum Gasteiger partial charge on any atom is 0.318 e. The van der Waals surface area contributed by atoms with Gasteiger partial charge in [0, 0.05) is 22.6 Å². The van der Waals surface area contributed by atoms with Crippen molar-refractivity contribution in [2.24, 2.45) is 0 Å². The molecule has 0 radical (unpaired) electrons. The zero-order valence-corrected chi connectivity index (χ0v) is 14.0. The summed E-state index contributed by atoms with van der Waals surface area (Å²) in [5.41, 5.74) is 0.833. The van der Waals surface area contributed by atoms with Crippen molar-refractivity contribution in [1.82, 2.24) is 4.90 Å². The third kappa shape index (κ3) is 5.82. The van der Waals surface area contributed by atoms with Crippen LogP contribution >= 0.6 is 23.2 Å². The predicted molar refractivity (Wildman–Crippen MR) is 83.8 cm³/mol. The topological polar surface area (TPSA) is 74.7 Å². The van der Waals surface area contributed by atoms with Crippen LogP contribution < -0.4 is 0 Å². The lowest BCUT2D eigenvalue weighted by molar-refractivity contribution is -0.134. The summed E-state index contributed by atoms with van der Waals surface area (Å²) in [7, 11) is -1.85. The van der Waals surface area contributed by atoms with E-state index in [1.165, 1.54) is 0 Å². The second-order valence-electron chi connectivity index (χ2n) is 4.81. The first-order valence-electron chi connectivity index (χ1n) is 6.20. The van der Waals surface area contributed by atoms with Crippen molar-refractivity contribution in [3.05, 3.63) is 33.8 Å². The van der Waals surface area contributed by atoms with Gasteiger partial charge < -0.3 is 5.11 Å². The van der Waals surface area contributed by atoms with Crippen LogP contribution in [0.4, 0.5) is 0 Å². The minimum absolute atomic E-state index is 0.116. The number of sulfone groups is 1. The summed E-state index contributed by atoms with van der Waals surface area (Å²) in [6, 6.07) is 5.02. The lowest BCUT2D eigenvalue weighted by Crippen LogP contribution is -2.30. The Bertz CT molecular complexity index is 619. The first-order chi connectivity index (χ1) is 9.62. The highest BCUT2D eigenvalue weighted by atomic mass is 35.5. The van der Waals surface area contributed by atoms with Crippen LogP contribution in [0.2, 0.25) is 10.0 Å². The SMILES string of the molecule is CC(c1ccc(Cl)cc1Cl)N(C)CCS(=O)(=O)CC(=O)O. The Balaban J connectivity index is 2.71. The summed E-state index contributed by atoms with van der Waals surface area (Å²) >= 11 is 12.0. The molecule has 0 saturated heterocycles. The van der Waals surface area contributed by atoms with E-state index in [-0.39, 0.29) is 18.3 Å². The Morgan fingerprint density at radius 3 is 2.52 bits per heavy atom. The molecule has 1 rings (SSSR count). The van der Waals surface area contributed by atoms with Gasteiger partial charge in [0.25, 0.3) is 0 Å². The molecule has 0 saturated carbocycles. The lowest BCUT2D eigenvalue weighted by atomic mass is 10.1. The van der Waals surface area contributed by atoms with E-state index in [1.54, 1.807) is 30.1 Å². The van der Waals surface area contributed by atoms with Crippen LogP contribution in [0.15, 0.2) is 18.2 Å². The van der Waals surface area contributed by atoms with E-state index in [9.17, 15) is 13.2 Å². The molecule has 0 fully saturated rings. The van der Waals surface area contributed by atoms with Gasteiger partial charge in [0.15, 0.2) is 9.84 Å². The van der Waals surface area contributed by atoms with E-state index in [0.29, 0.717) is 10.0 Å². The Labute approximate surface area is 134 Å². The van der Waals surface area contributed by atoms with Gasteiger partial charge in [-0.2, -0.15) is 0 Å². The van der Waals surface area contributed by atoms with Crippen molar-refractivity contribution < 1.29 is 18.3 Å². The van der Waals surface area contributed by atoms with Gasteiger partial charge in [-0.25, -0.2) is 8.42 Å². The molecule has 0 aliphatic rings. The number of rotatable bonds is 7. The van der Waals surface area contributed by atoms with Crippen molar-refractivity contribution in [3.63, 3.8) is 0 Å². The Morgan fingerprint density at radius 2 is 2.00 bits per heavy atom. The summed E-state index contributed by atoms with van der Waals surface area (Å²) in [6.07, 6.45) is 0. The molecule has 1 aromatic carbocycles. The number of nitrogens with zero attached hydrogens (tertiary/aromatic N) is 1. The summed E-state index contributed by atoms with van der Waals surface area (Å²) in [6.45, 7) is 2.11. The Morgan fingerprint density at radius 1 is 1.38 bits per heavy atom. The molecule has 0 bridgehead atoms. The van der Waals surface area contributed by atoms with E-state index in [2.05, 4.69) is 0 Å². The average Bonchev–Trinajstić information content (AvgIpc) is 2.33. The second-order valence-corrected chi connectivity index (χ2v) is 7.84. The van der Waals surface area contributed by atoms with Crippen LogP contribution in [0.5, 0.6) is 0 Å². The largest absolute Gasteiger partial charge is 0.480 e. The van der Waals surface area contributed by atoms with Gasteiger partial charge >= 0.3 is 5.97 Å². The van der Waals surface area contributed by atoms with Gasteiger partial charge in [0.1, 0.15) is 5.75 Å². The van der Waals surface area contributed by atoms with Crippen molar-refractivity contribution >= 4 is 39.0 Å². The van der Waals surface area contributed by atoms with E-state index >= 15 is 0 Å². The number of hydrogen-bond donors (Lipinski definition) is 1. The zero-order valence-electron chi connectivity index (χ0n) is 11.7. The highest BCUT2D eigenvalue weighted by Crippen LogP contribution is 2.28. The standard InChI is InChI=1S/C13H17Cl2NO4S/c1-9(11-4-3-10(14)7-12(11)15)16(2)5-6-21(19,20)8-13(17)18/h3-4,7,9H,5-6,8H2,1-2H3,(H,17,18). The van der Waals surface area contributed by atoms with Crippen molar-refractivity contribution in [1.29, 1.82) is 0 Å². The smallest absolute Gasteiger partial charge is 0.318 e. The van der Waals surface area contributed by atoms with Crippen LogP contribution in [0.25, 0.3) is 0 Å². The van der Waals surface area contributed by atoms with Crippen LogP contribution in [0.1, 0.15) is 18.5 Å². The molecule has 0 aromatic heterocycles. The van der Waals surface area contributed by atoms with Crippen molar-refractivity contribution in [3.8, 4) is 0 Å². The number of carboxylic acid groups (broad SMARTS) is 1. The molecule has 0 spiro atoms. The molecule has 1 atom stereocenters. The minimum atomic E-state index is -3.60. The summed E-state index contributed by atoms with van der Waals surface area (Å²) in [5, 5.41) is 9.58. The van der Waals surface area contributed by atoms with Gasteiger partial charge in [-0.05, 0) is 31.7 Å². The van der Waals surface area contributed by atoms with Gasteiger partial charge in [-0.15, -0.1) is 0 Å². The van der Waals surface area contributed by atoms with Gasteiger partial charge in [0.2, 0.25) is 0 Å². The van der Waals surface area contributed by atoms with E-state index < -0.39 is 21.6 Å². The van der Waals surface area contributed by atoms with Crippen molar-refractivity contribution in [2.45, 2.75) is 13.0 Å². The molecule has 1 N–H and O–H groups in total. The third-order valence-electron chi connectivity index (χ3n) is 3.17. The number of aliphatic carboxylic acids is 1. The quantitative estimate of drug-likeness (QED) is 0.814. The normalized spacial score (nSPS) is 13.4. The molecule has 1 aromatic rings. The molecule has 118 valence electrons. The average molecular weight is 354 g/mol. The van der Waals surface area contributed by atoms with Crippen LogP contribution in [0.3, 0.4) is 0 Å². The number of carboxylic acids is 1. The molecule has 21 heavy (non-hydrogen) atoms. The van der Waals surface area contributed by atoms with Crippen LogP contribution in [-0.4, -0.2) is 49.5 Å². The fourth-order valence-electron chi connectivity index (χ4n) is 1.81. The zero-order chi connectivity index (χ0) is 16.2. The van der Waals surface area contributed by atoms with E-state index in [4.69, 9.17) is 28.3 Å². The molecule has 8 heteroatoms. The molecular weight excluding hydrogens is 337 g/mol. The van der Waals surface area contributed by atoms with Crippen molar-refractivity contribution in [2.75, 3.05) is 25.1 Å². The summed E-state index contributed by atoms with van der Waals surface area (Å²) in [4.78, 5) is 12.3. The van der Waals surface area contributed by atoms with E-state index in [0.717, 1.165) is 5.56 Å². The molecule has 0 aliphatic carbocycles. The molecular formula is C13H17Cl2NO4S. The molecule has 0 heterocycles. The second kappa shape index (κ2) is 7.45. The number of halogens is 2. The van der Waals surface area contributed by atoms with Crippen LogP contribution in [0, 0.1) is 0 Å². The minimum Gasteiger partial charge on any atom is -0.480 e. The molecule has 0 aliphatic heterocycles. The number of benzene rings is 1. The van der Waals surface area contributed by atoms with Gasteiger partial charge in [-0.1, -0.05) is 29.3 Å². The van der Waals surface area contributed by atoms with Gasteiger partial charge in [0.05, 0.1) is 5.75 Å². The maximum atomic E-state index is 11.6. The fraction of sp³-hybridized carbons (Fsp3) is 0.462. The summed E-state index contributed by atoms with van der Waals surface area (Å²) < 4.78 is 23.1. The molecule has 5 nitrogen and oxygen atoms in total. The Hall–Kier alpha value is -0.820. The number of hydrogen-bond acceptors (Lipinski definition) is 4. The molecule has 1 unspecified atom stereocenters. The monoisotopic (exact) mass is 353 g/mol. The first-order valence-corrected chi connectivity index (χ1v) is 8.77. The highest BCUT2D eigenvalue weighted by molar-refractivity contribution is 7.92.